The quantitative estimate of drug-likeness (QED) is 0.734. The molecule has 0 radical (unpaired) electrons. The highest BCUT2D eigenvalue weighted by Crippen LogP contribution is 2.14. The van der Waals surface area contributed by atoms with Gasteiger partial charge in [0.2, 0.25) is 10.0 Å². The first-order valence-electron chi connectivity index (χ1n) is 5.67. The van der Waals surface area contributed by atoms with Gasteiger partial charge in [-0.1, -0.05) is 20.8 Å². The van der Waals surface area contributed by atoms with Crippen molar-refractivity contribution < 1.29 is 8.42 Å². The standard InChI is InChI=1S/C10H22N2O2S/c1-4-5-12(10-6-11-7-10)15(13,14)8-9(2)3/h9-11H,4-8H2,1-3H3. The van der Waals surface area contributed by atoms with Gasteiger partial charge in [0, 0.05) is 25.7 Å². The fraction of sp³-hybridized carbons (Fsp3) is 1.00. The topological polar surface area (TPSA) is 49.4 Å². The van der Waals surface area contributed by atoms with Crippen LogP contribution in [0.1, 0.15) is 27.2 Å². The number of nitrogens with one attached hydrogen (secondary N) is 1. The Morgan fingerprint density at radius 1 is 1.40 bits per heavy atom. The SMILES string of the molecule is CCCN(C1CNC1)S(=O)(=O)CC(C)C. The molecule has 0 atom stereocenters. The summed E-state index contributed by atoms with van der Waals surface area (Å²) in [5.41, 5.74) is 0. The Balaban J connectivity index is 2.68. The van der Waals surface area contributed by atoms with E-state index in [9.17, 15) is 8.42 Å². The Hall–Kier alpha value is -0.130. The summed E-state index contributed by atoms with van der Waals surface area (Å²) in [6.45, 7) is 8.17. The van der Waals surface area contributed by atoms with Crippen molar-refractivity contribution in [3.8, 4) is 0 Å². The number of hydrogen-bond donors (Lipinski definition) is 1. The van der Waals surface area contributed by atoms with E-state index < -0.39 is 10.0 Å². The third-order valence-electron chi connectivity index (χ3n) is 2.51. The first-order chi connectivity index (χ1) is 6.97. The van der Waals surface area contributed by atoms with Gasteiger partial charge in [-0.05, 0) is 12.3 Å². The van der Waals surface area contributed by atoms with E-state index in [1.165, 1.54) is 0 Å². The van der Waals surface area contributed by atoms with Crippen molar-refractivity contribution in [3.63, 3.8) is 0 Å². The van der Waals surface area contributed by atoms with E-state index in [1.807, 2.05) is 20.8 Å². The highest BCUT2D eigenvalue weighted by molar-refractivity contribution is 7.89. The molecule has 0 aromatic rings. The second-order valence-electron chi connectivity index (χ2n) is 4.60. The molecule has 1 rings (SSSR count). The van der Waals surface area contributed by atoms with Gasteiger partial charge in [-0.15, -0.1) is 0 Å². The molecule has 1 heterocycles. The van der Waals surface area contributed by atoms with E-state index in [4.69, 9.17) is 0 Å². The highest BCUT2D eigenvalue weighted by atomic mass is 32.2. The molecule has 0 spiro atoms. The first-order valence-corrected chi connectivity index (χ1v) is 7.28. The zero-order valence-corrected chi connectivity index (χ0v) is 10.7. The molecule has 0 aromatic carbocycles. The average molecular weight is 234 g/mol. The lowest BCUT2D eigenvalue weighted by atomic mass is 10.2. The lowest BCUT2D eigenvalue weighted by molar-refractivity contribution is 0.241. The summed E-state index contributed by atoms with van der Waals surface area (Å²) in [4.78, 5) is 0. The molecular formula is C10H22N2O2S. The maximum absolute atomic E-state index is 12.1. The van der Waals surface area contributed by atoms with Gasteiger partial charge in [0.1, 0.15) is 0 Å². The minimum atomic E-state index is -3.05. The molecule has 0 saturated carbocycles. The van der Waals surface area contributed by atoms with Crippen molar-refractivity contribution in [1.82, 2.24) is 9.62 Å². The normalized spacial score (nSPS) is 18.5. The molecule has 0 unspecified atom stereocenters. The van der Waals surface area contributed by atoms with Crippen LogP contribution in [-0.4, -0.2) is 44.2 Å². The van der Waals surface area contributed by atoms with E-state index >= 15 is 0 Å². The van der Waals surface area contributed by atoms with Crippen molar-refractivity contribution in [2.24, 2.45) is 5.92 Å². The largest absolute Gasteiger partial charge is 0.313 e. The molecule has 1 aliphatic heterocycles. The van der Waals surface area contributed by atoms with Crippen molar-refractivity contribution in [3.05, 3.63) is 0 Å². The maximum Gasteiger partial charge on any atom is 0.214 e. The first kappa shape index (κ1) is 12.9. The van der Waals surface area contributed by atoms with Gasteiger partial charge in [0.05, 0.1) is 5.75 Å². The van der Waals surface area contributed by atoms with Gasteiger partial charge in [-0.2, -0.15) is 4.31 Å². The molecule has 90 valence electrons. The Morgan fingerprint density at radius 3 is 2.33 bits per heavy atom. The molecule has 1 aliphatic rings. The van der Waals surface area contributed by atoms with Gasteiger partial charge in [0.25, 0.3) is 0 Å². The zero-order valence-electron chi connectivity index (χ0n) is 9.86. The van der Waals surface area contributed by atoms with Crippen LogP contribution in [0.25, 0.3) is 0 Å². The summed E-state index contributed by atoms with van der Waals surface area (Å²) in [6, 6.07) is 0.189. The Kier molecular flexibility index (Phi) is 4.55. The zero-order chi connectivity index (χ0) is 11.5. The van der Waals surface area contributed by atoms with Crippen LogP contribution < -0.4 is 5.32 Å². The summed E-state index contributed by atoms with van der Waals surface area (Å²) >= 11 is 0. The lowest BCUT2D eigenvalue weighted by Gasteiger charge is -2.37. The number of rotatable bonds is 6. The Morgan fingerprint density at radius 2 is 2.00 bits per heavy atom. The van der Waals surface area contributed by atoms with Crippen LogP contribution in [0.2, 0.25) is 0 Å². The summed E-state index contributed by atoms with van der Waals surface area (Å²) in [7, 11) is -3.05. The van der Waals surface area contributed by atoms with Crippen molar-refractivity contribution in [2.75, 3.05) is 25.4 Å². The lowest BCUT2D eigenvalue weighted by Crippen LogP contribution is -2.59. The van der Waals surface area contributed by atoms with E-state index in [0.29, 0.717) is 6.54 Å². The smallest absolute Gasteiger partial charge is 0.214 e. The van der Waals surface area contributed by atoms with Crippen LogP contribution in [-0.2, 0) is 10.0 Å². The predicted octanol–water partition coefficient (Wildman–Crippen LogP) is 0.656. The van der Waals surface area contributed by atoms with Gasteiger partial charge in [-0.25, -0.2) is 8.42 Å². The van der Waals surface area contributed by atoms with Gasteiger partial charge in [-0.3, -0.25) is 0 Å². The minimum Gasteiger partial charge on any atom is -0.313 e. The molecule has 0 amide bonds. The average Bonchev–Trinajstić information content (AvgIpc) is 1.97. The molecule has 5 heteroatoms. The predicted molar refractivity (Wildman–Crippen MR) is 62.3 cm³/mol. The second-order valence-corrected chi connectivity index (χ2v) is 6.56. The summed E-state index contributed by atoms with van der Waals surface area (Å²) < 4.78 is 25.8. The number of hydrogen-bond acceptors (Lipinski definition) is 3. The van der Waals surface area contributed by atoms with Crippen LogP contribution in [0.15, 0.2) is 0 Å². The van der Waals surface area contributed by atoms with Crippen molar-refractivity contribution >= 4 is 10.0 Å². The molecule has 4 nitrogen and oxygen atoms in total. The van der Waals surface area contributed by atoms with Crippen molar-refractivity contribution in [1.29, 1.82) is 0 Å². The molecule has 0 aromatic heterocycles. The van der Waals surface area contributed by atoms with E-state index in [-0.39, 0.29) is 17.7 Å². The third-order valence-corrected chi connectivity index (χ3v) is 4.80. The Bertz CT molecular complexity index is 284. The molecule has 0 bridgehead atoms. The maximum atomic E-state index is 12.1. The van der Waals surface area contributed by atoms with E-state index in [2.05, 4.69) is 5.32 Å². The van der Waals surface area contributed by atoms with Crippen LogP contribution in [0.3, 0.4) is 0 Å². The van der Waals surface area contributed by atoms with Crippen LogP contribution in [0.5, 0.6) is 0 Å². The fourth-order valence-electron chi connectivity index (χ4n) is 1.76. The van der Waals surface area contributed by atoms with Crippen LogP contribution >= 0.6 is 0 Å². The summed E-state index contributed by atoms with van der Waals surface area (Å²) in [5.74, 6) is 0.464. The Labute approximate surface area is 93.1 Å². The van der Waals surface area contributed by atoms with Crippen LogP contribution in [0, 0.1) is 5.92 Å². The molecular weight excluding hydrogens is 212 g/mol. The van der Waals surface area contributed by atoms with Gasteiger partial charge in [0.15, 0.2) is 0 Å². The molecule has 1 N–H and O–H groups in total. The van der Waals surface area contributed by atoms with Gasteiger partial charge < -0.3 is 5.32 Å². The van der Waals surface area contributed by atoms with Gasteiger partial charge >= 0.3 is 0 Å². The summed E-state index contributed by atoms with van der Waals surface area (Å²) in [5, 5.41) is 3.12. The third kappa shape index (κ3) is 3.43. The molecule has 1 fully saturated rings. The molecule has 0 aliphatic carbocycles. The molecule has 1 saturated heterocycles. The van der Waals surface area contributed by atoms with E-state index in [1.54, 1.807) is 4.31 Å². The number of sulfonamides is 1. The van der Waals surface area contributed by atoms with E-state index in [0.717, 1.165) is 19.5 Å². The monoisotopic (exact) mass is 234 g/mol. The second kappa shape index (κ2) is 5.27. The minimum absolute atomic E-state index is 0.189. The fourth-order valence-corrected chi connectivity index (χ4v) is 3.86. The van der Waals surface area contributed by atoms with Crippen LogP contribution in [0.4, 0.5) is 0 Å². The highest BCUT2D eigenvalue weighted by Gasteiger charge is 2.33. The number of nitrogens with zero attached hydrogens (tertiary/aromatic N) is 1. The molecule has 15 heavy (non-hydrogen) atoms. The van der Waals surface area contributed by atoms with Crippen molar-refractivity contribution in [2.45, 2.75) is 33.2 Å². The summed E-state index contributed by atoms with van der Waals surface area (Å²) in [6.07, 6.45) is 0.883.